The van der Waals surface area contributed by atoms with E-state index in [2.05, 4.69) is 0 Å². The van der Waals surface area contributed by atoms with Crippen LogP contribution in [0, 0.1) is 11.6 Å². The molecular formula is C22H20F2N2O6. The van der Waals surface area contributed by atoms with Crippen LogP contribution in [0.15, 0.2) is 48.5 Å². The lowest BCUT2D eigenvalue weighted by Crippen LogP contribution is -2.52. The number of ether oxygens (including phenoxy) is 2. The van der Waals surface area contributed by atoms with Crippen LogP contribution in [0.1, 0.15) is 20.7 Å². The van der Waals surface area contributed by atoms with Gasteiger partial charge in [-0.3, -0.25) is 9.59 Å². The third-order valence-corrected chi connectivity index (χ3v) is 4.76. The highest BCUT2D eigenvalue weighted by Crippen LogP contribution is 2.08. The molecule has 0 spiro atoms. The van der Waals surface area contributed by atoms with Crippen molar-refractivity contribution in [3.05, 3.63) is 71.3 Å². The van der Waals surface area contributed by atoms with E-state index in [0.717, 1.165) is 12.1 Å². The Kier molecular flexibility index (Phi) is 7.48. The number of piperazine rings is 1. The molecule has 0 atom stereocenters. The third-order valence-electron chi connectivity index (χ3n) is 4.76. The third kappa shape index (κ3) is 6.10. The summed E-state index contributed by atoms with van der Waals surface area (Å²) in [6.45, 7) is -0.178. The molecule has 8 nitrogen and oxygen atoms in total. The van der Waals surface area contributed by atoms with Gasteiger partial charge in [0.15, 0.2) is 13.2 Å². The number of esters is 2. The Morgan fingerprint density at radius 2 is 1.06 bits per heavy atom. The maximum absolute atomic E-state index is 13.2. The van der Waals surface area contributed by atoms with Crippen molar-refractivity contribution in [1.29, 1.82) is 0 Å². The van der Waals surface area contributed by atoms with E-state index in [1.807, 2.05) is 0 Å². The van der Waals surface area contributed by atoms with Crippen molar-refractivity contribution >= 4 is 23.8 Å². The molecule has 168 valence electrons. The molecule has 1 aliphatic rings. The van der Waals surface area contributed by atoms with Gasteiger partial charge in [0.2, 0.25) is 0 Å². The summed E-state index contributed by atoms with van der Waals surface area (Å²) >= 11 is 0. The second-order valence-electron chi connectivity index (χ2n) is 6.93. The molecule has 0 saturated carbocycles. The second-order valence-corrected chi connectivity index (χ2v) is 6.93. The van der Waals surface area contributed by atoms with E-state index in [0.29, 0.717) is 0 Å². The summed E-state index contributed by atoms with van der Waals surface area (Å²) < 4.78 is 36.2. The van der Waals surface area contributed by atoms with Crippen LogP contribution < -0.4 is 0 Å². The van der Waals surface area contributed by atoms with Crippen LogP contribution >= 0.6 is 0 Å². The van der Waals surface area contributed by atoms with Gasteiger partial charge in [-0.1, -0.05) is 12.1 Å². The van der Waals surface area contributed by atoms with Crippen LogP contribution in [-0.2, 0) is 19.1 Å². The smallest absolute Gasteiger partial charge is 0.338 e. The van der Waals surface area contributed by atoms with Gasteiger partial charge in [0, 0.05) is 26.2 Å². The fourth-order valence-corrected chi connectivity index (χ4v) is 3.04. The van der Waals surface area contributed by atoms with Crippen LogP contribution in [0.3, 0.4) is 0 Å². The minimum Gasteiger partial charge on any atom is -0.452 e. The lowest BCUT2D eigenvalue weighted by atomic mass is 10.2. The molecule has 3 rings (SSSR count). The van der Waals surface area contributed by atoms with Crippen LogP contribution in [0.5, 0.6) is 0 Å². The Bertz CT molecular complexity index is 939. The molecule has 0 aromatic heterocycles. The molecule has 2 aromatic carbocycles. The zero-order chi connectivity index (χ0) is 23.1. The first-order valence-electron chi connectivity index (χ1n) is 9.74. The summed E-state index contributed by atoms with van der Waals surface area (Å²) in [6.07, 6.45) is 0. The number of amides is 2. The topological polar surface area (TPSA) is 93.2 Å². The first-order chi connectivity index (χ1) is 15.3. The van der Waals surface area contributed by atoms with E-state index in [4.69, 9.17) is 9.47 Å². The average Bonchev–Trinajstić information content (AvgIpc) is 2.80. The van der Waals surface area contributed by atoms with E-state index in [9.17, 15) is 28.0 Å². The van der Waals surface area contributed by atoms with E-state index in [1.165, 1.54) is 46.2 Å². The Labute approximate surface area is 182 Å². The first-order valence-corrected chi connectivity index (χ1v) is 9.74. The van der Waals surface area contributed by atoms with Gasteiger partial charge in [-0.25, -0.2) is 18.4 Å². The molecule has 0 aliphatic carbocycles. The van der Waals surface area contributed by atoms with E-state index in [1.54, 1.807) is 0 Å². The molecule has 2 aromatic rings. The Hall–Kier alpha value is -3.82. The second kappa shape index (κ2) is 10.5. The predicted octanol–water partition coefficient (Wildman–Crippen LogP) is 1.65. The van der Waals surface area contributed by atoms with Gasteiger partial charge in [0.25, 0.3) is 11.8 Å². The van der Waals surface area contributed by atoms with Gasteiger partial charge in [0.1, 0.15) is 11.6 Å². The van der Waals surface area contributed by atoms with Crippen molar-refractivity contribution in [3.63, 3.8) is 0 Å². The minimum absolute atomic E-state index is 0.000930. The summed E-state index contributed by atoms with van der Waals surface area (Å²) in [5, 5.41) is 0. The number of nitrogens with zero attached hydrogens (tertiary/aromatic N) is 2. The molecule has 1 fully saturated rings. The van der Waals surface area contributed by atoms with Gasteiger partial charge in [-0.2, -0.15) is 0 Å². The SMILES string of the molecule is O=C(OCC(=O)N1CCN(C(=O)COC(=O)c2cccc(F)c2)CC1)c1cccc(F)c1. The Morgan fingerprint density at radius 1 is 0.688 bits per heavy atom. The summed E-state index contributed by atoms with van der Waals surface area (Å²) in [5.41, 5.74) is 0.00186. The number of hydrogen-bond acceptors (Lipinski definition) is 6. The van der Waals surface area contributed by atoms with Gasteiger partial charge in [-0.15, -0.1) is 0 Å². The number of halogens is 2. The van der Waals surface area contributed by atoms with Crippen molar-refractivity contribution in [3.8, 4) is 0 Å². The zero-order valence-electron chi connectivity index (χ0n) is 17.0. The van der Waals surface area contributed by atoms with Crippen LogP contribution in [0.4, 0.5) is 8.78 Å². The largest absolute Gasteiger partial charge is 0.452 e. The van der Waals surface area contributed by atoms with Crippen molar-refractivity contribution in [2.45, 2.75) is 0 Å². The van der Waals surface area contributed by atoms with Gasteiger partial charge < -0.3 is 19.3 Å². The molecule has 0 N–H and O–H groups in total. The minimum atomic E-state index is -0.813. The van der Waals surface area contributed by atoms with Crippen molar-refractivity contribution in [2.24, 2.45) is 0 Å². The van der Waals surface area contributed by atoms with E-state index < -0.39 is 48.6 Å². The maximum atomic E-state index is 13.2. The number of carbonyl (C=O) groups excluding carboxylic acids is 4. The molecule has 2 amide bonds. The van der Waals surface area contributed by atoms with Gasteiger partial charge >= 0.3 is 11.9 Å². The average molecular weight is 446 g/mol. The van der Waals surface area contributed by atoms with E-state index >= 15 is 0 Å². The fraction of sp³-hybridized carbons (Fsp3) is 0.273. The summed E-state index contributed by atoms with van der Waals surface area (Å²) in [6, 6.07) is 9.87. The molecule has 1 aliphatic heterocycles. The van der Waals surface area contributed by atoms with E-state index in [-0.39, 0.29) is 37.3 Å². The summed E-state index contributed by atoms with van der Waals surface area (Å²) in [7, 11) is 0. The lowest BCUT2D eigenvalue weighted by molar-refractivity contribution is -0.142. The first kappa shape index (κ1) is 22.9. The number of carbonyl (C=O) groups is 4. The van der Waals surface area contributed by atoms with Crippen molar-refractivity contribution in [1.82, 2.24) is 9.80 Å². The standard InChI is InChI=1S/C22H20F2N2O6/c23-17-5-1-3-15(11-17)21(29)31-13-19(27)25-7-9-26(10-8-25)20(28)14-32-22(30)16-4-2-6-18(24)12-16/h1-6,11-12H,7-10,13-14H2. The highest BCUT2D eigenvalue weighted by Gasteiger charge is 2.25. The molecule has 10 heteroatoms. The fourth-order valence-electron chi connectivity index (χ4n) is 3.04. The Morgan fingerprint density at radius 3 is 1.41 bits per heavy atom. The normalized spacial score (nSPS) is 13.4. The van der Waals surface area contributed by atoms with Crippen molar-refractivity contribution in [2.75, 3.05) is 39.4 Å². The summed E-state index contributed by atoms with van der Waals surface area (Å²) in [4.78, 5) is 51.2. The predicted molar refractivity (Wildman–Crippen MR) is 107 cm³/mol. The van der Waals surface area contributed by atoms with Crippen molar-refractivity contribution < 1.29 is 37.4 Å². The molecule has 0 radical (unpaired) electrons. The lowest BCUT2D eigenvalue weighted by Gasteiger charge is -2.34. The molecule has 0 bridgehead atoms. The van der Waals surface area contributed by atoms with Crippen LogP contribution in [0.2, 0.25) is 0 Å². The van der Waals surface area contributed by atoms with Gasteiger partial charge in [0.05, 0.1) is 11.1 Å². The number of benzene rings is 2. The molecule has 1 heterocycles. The maximum Gasteiger partial charge on any atom is 0.338 e. The molecule has 32 heavy (non-hydrogen) atoms. The molecule has 0 unspecified atom stereocenters. The Balaban J connectivity index is 1.40. The highest BCUT2D eigenvalue weighted by atomic mass is 19.1. The van der Waals surface area contributed by atoms with Crippen LogP contribution in [-0.4, -0.2) is 72.9 Å². The van der Waals surface area contributed by atoms with Gasteiger partial charge in [-0.05, 0) is 36.4 Å². The quantitative estimate of drug-likeness (QED) is 0.627. The number of rotatable bonds is 6. The highest BCUT2D eigenvalue weighted by molar-refractivity contribution is 5.92. The summed E-state index contributed by atoms with van der Waals surface area (Å²) in [5.74, 6) is -3.70. The van der Waals surface area contributed by atoms with Crippen LogP contribution in [0.25, 0.3) is 0 Å². The molecule has 1 saturated heterocycles. The number of hydrogen-bond donors (Lipinski definition) is 0. The monoisotopic (exact) mass is 446 g/mol. The zero-order valence-corrected chi connectivity index (χ0v) is 17.0. The molecular weight excluding hydrogens is 426 g/mol.